The second-order valence-corrected chi connectivity index (χ2v) is 9.30. The molecule has 2 aromatic carbocycles. The van der Waals surface area contributed by atoms with Crippen molar-refractivity contribution in [3.8, 4) is 11.1 Å². The summed E-state index contributed by atoms with van der Waals surface area (Å²) in [4.78, 5) is 17.2. The summed E-state index contributed by atoms with van der Waals surface area (Å²) in [7, 11) is 0. The highest BCUT2D eigenvalue weighted by Gasteiger charge is 2.44. The second kappa shape index (κ2) is 10.2. The third-order valence-electron chi connectivity index (χ3n) is 7.14. The first kappa shape index (κ1) is 22.3. The minimum Gasteiger partial charge on any atom is -0.445 e. The van der Waals surface area contributed by atoms with Crippen LogP contribution >= 0.6 is 0 Å². The summed E-state index contributed by atoms with van der Waals surface area (Å²) in [5.41, 5.74) is 3.26. The second-order valence-electron chi connectivity index (χ2n) is 9.30. The Morgan fingerprint density at radius 1 is 1.00 bits per heavy atom. The number of fused-ring (bicyclic) bond motifs is 1. The van der Waals surface area contributed by atoms with Crippen molar-refractivity contribution >= 4 is 17.9 Å². The normalized spacial score (nSPS) is 24.0. The Morgan fingerprint density at radius 3 is 2.65 bits per heavy atom. The molecular weight excluding hydrogens is 427 g/mol. The number of benzene rings is 2. The summed E-state index contributed by atoms with van der Waals surface area (Å²) in [5.74, 6) is 1.05. The maximum atomic E-state index is 13.5. The average molecular weight is 457 g/mol. The van der Waals surface area contributed by atoms with Gasteiger partial charge in [-0.3, -0.25) is 10.3 Å². The van der Waals surface area contributed by atoms with Crippen molar-refractivity contribution in [2.24, 2.45) is 17.8 Å². The van der Waals surface area contributed by atoms with Crippen LogP contribution in [0.15, 0.2) is 79.0 Å². The van der Waals surface area contributed by atoms with Crippen molar-refractivity contribution in [1.29, 1.82) is 0 Å². The average Bonchev–Trinajstić information content (AvgIpc) is 3.20. The fourth-order valence-corrected chi connectivity index (χ4v) is 5.52. The number of amides is 1. The van der Waals surface area contributed by atoms with Gasteiger partial charge in [0.25, 0.3) is 0 Å². The van der Waals surface area contributed by atoms with Crippen molar-refractivity contribution in [1.82, 2.24) is 4.98 Å². The molecule has 1 N–H and O–H groups in total. The Hall–Kier alpha value is -3.47. The molecule has 3 aromatic rings. The molecule has 5 rings (SSSR count). The van der Waals surface area contributed by atoms with Gasteiger partial charge >= 0.3 is 6.09 Å². The van der Waals surface area contributed by atoms with E-state index in [9.17, 15) is 9.18 Å². The molecule has 0 saturated heterocycles. The Bertz CT molecular complexity index is 1150. The molecule has 2 fully saturated rings. The maximum Gasteiger partial charge on any atom is 0.411 e. The van der Waals surface area contributed by atoms with Crippen LogP contribution in [0.3, 0.4) is 0 Å². The first-order valence-electron chi connectivity index (χ1n) is 12.1. The summed E-state index contributed by atoms with van der Waals surface area (Å²) in [6, 6.07) is 19.8. The molecule has 1 heterocycles. The molecule has 4 atom stereocenters. The standard InChI is InChI=1S/C29H29FN2O2/c30-23-9-6-8-20(17-23)22-13-14-24(31-19-22)15-16-27-26-12-5-4-7-21(26)18-28(27)34-29(33)32-25-10-2-1-3-11-25/h1-3,6,8-11,13-17,19,21,26-28H,4-5,7,12,18H2,(H,32,33). The van der Waals surface area contributed by atoms with E-state index in [0.717, 1.165) is 28.9 Å². The van der Waals surface area contributed by atoms with Crippen LogP contribution < -0.4 is 5.32 Å². The number of carbonyl (C=O) groups is 1. The van der Waals surface area contributed by atoms with Crippen molar-refractivity contribution in [3.63, 3.8) is 0 Å². The molecule has 0 aliphatic heterocycles. The zero-order valence-corrected chi connectivity index (χ0v) is 19.1. The summed E-state index contributed by atoms with van der Waals surface area (Å²) in [6.45, 7) is 0. The number of para-hydroxylation sites is 1. The van der Waals surface area contributed by atoms with Gasteiger partial charge in [-0.2, -0.15) is 0 Å². The quantitative estimate of drug-likeness (QED) is 0.437. The highest BCUT2D eigenvalue weighted by molar-refractivity contribution is 5.84. The Morgan fingerprint density at radius 2 is 1.85 bits per heavy atom. The van der Waals surface area contributed by atoms with Gasteiger partial charge in [-0.15, -0.1) is 0 Å². The SMILES string of the molecule is O=C(Nc1ccccc1)OC1CC2CCCCC2C1C=Cc1ccc(-c2cccc(F)c2)cn1. The number of nitrogens with zero attached hydrogens (tertiary/aromatic N) is 1. The van der Waals surface area contributed by atoms with Crippen LogP contribution in [0.5, 0.6) is 0 Å². The Balaban J connectivity index is 1.29. The lowest BCUT2D eigenvalue weighted by Crippen LogP contribution is -2.27. The van der Waals surface area contributed by atoms with E-state index in [0.29, 0.717) is 11.8 Å². The number of hydrogen-bond donors (Lipinski definition) is 1. The summed E-state index contributed by atoms with van der Waals surface area (Å²) in [5, 5.41) is 2.85. The van der Waals surface area contributed by atoms with Crippen molar-refractivity contribution < 1.29 is 13.9 Å². The van der Waals surface area contributed by atoms with Crippen molar-refractivity contribution in [3.05, 3.63) is 90.5 Å². The van der Waals surface area contributed by atoms with E-state index in [1.807, 2.05) is 54.6 Å². The molecule has 4 unspecified atom stereocenters. The number of anilines is 1. The number of aromatic nitrogens is 1. The van der Waals surface area contributed by atoms with Gasteiger partial charge in [0.15, 0.2) is 0 Å². The summed E-state index contributed by atoms with van der Waals surface area (Å²) < 4.78 is 19.5. The molecule has 174 valence electrons. The Kier molecular flexibility index (Phi) is 6.70. The molecule has 2 saturated carbocycles. The molecular formula is C29H29FN2O2. The maximum absolute atomic E-state index is 13.5. The van der Waals surface area contributed by atoms with Crippen LogP contribution in [0.1, 0.15) is 37.8 Å². The van der Waals surface area contributed by atoms with Crippen LogP contribution in [0.4, 0.5) is 14.9 Å². The van der Waals surface area contributed by atoms with Crippen LogP contribution in [0, 0.1) is 23.6 Å². The fourth-order valence-electron chi connectivity index (χ4n) is 5.52. The highest BCUT2D eigenvalue weighted by Crippen LogP contribution is 2.48. The minimum atomic E-state index is -0.397. The van der Waals surface area contributed by atoms with Gasteiger partial charge < -0.3 is 4.74 Å². The van der Waals surface area contributed by atoms with Crippen LogP contribution in [0.25, 0.3) is 17.2 Å². The molecule has 0 bridgehead atoms. The van der Waals surface area contributed by atoms with Crippen LogP contribution in [-0.4, -0.2) is 17.2 Å². The third kappa shape index (κ3) is 5.19. The molecule has 1 amide bonds. The van der Waals surface area contributed by atoms with Gasteiger partial charge in [-0.1, -0.05) is 61.7 Å². The van der Waals surface area contributed by atoms with Gasteiger partial charge in [0, 0.05) is 23.4 Å². The van der Waals surface area contributed by atoms with E-state index in [1.54, 1.807) is 12.3 Å². The largest absolute Gasteiger partial charge is 0.445 e. The summed E-state index contributed by atoms with van der Waals surface area (Å²) in [6.07, 6.45) is 11.2. The highest BCUT2D eigenvalue weighted by atomic mass is 19.1. The van der Waals surface area contributed by atoms with E-state index < -0.39 is 6.09 Å². The minimum absolute atomic E-state index is 0.139. The first-order chi connectivity index (χ1) is 16.7. The number of carbonyl (C=O) groups excluding carboxylic acids is 1. The zero-order valence-electron chi connectivity index (χ0n) is 19.1. The predicted molar refractivity (Wildman–Crippen MR) is 133 cm³/mol. The number of rotatable bonds is 5. The van der Waals surface area contributed by atoms with Gasteiger partial charge in [-0.25, -0.2) is 9.18 Å². The van der Waals surface area contributed by atoms with E-state index >= 15 is 0 Å². The summed E-state index contributed by atoms with van der Waals surface area (Å²) >= 11 is 0. The molecule has 4 nitrogen and oxygen atoms in total. The van der Waals surface area contributed by atoms with Gasteiger partial charge in [0.05, 0.1) is 5.69 Å². The lowest BCUT2D eigenvalue weighted by atomic mass is 9.78. The smallest absolute Gasteiger partial charge is 0.411 e. The number of ether oxygens (including phenoxy) is 1. The number of hydrogen-bond acceptors (Lipinski definition) is 3. The molecule has 0 radical (unpaired) electrons. The van der Waals surface area contributed by atoms with E-state index in [1.165, 1.54) is 37.8 Å². The van der Waals surface area contributed by atoms with Crippen molar-refractivity contribution in [2.75, 3.05) is 5.32 Å². The van der Waals surface area contributed by atoms with Gasteiger partial charge in [-0.05, 0) is 66.6 Å². The fraction of sp³-hybridized carbons (Fsp3) is 0.310. The van der Waals surface area contributed by atoms with Gasteiger partial charge in [0.2, 0.25) is 0 Å². The number of halogens is 1. The zero-order chi connectivity index (χ0) is 23.3. The monoisotopic (exact) mass is 456 g/mol. The van der Waals surface area contributed by atoms with Crippen molar-refractivity contribution in [2.45, 2.75) is 38.2 Å². The van der Waals surface area contributed by atoms with E-state index in [-0.39, 0.29) is 17.8 Å². The lowest BCUT2D eigenvalue weighted by molar-refractivity contribution is 0.0921. The first-order valence-corrected chi connectivity index (χ1v) is 12.1. The molecule has 2 aliphatic rings. The molecule has 2 aliphatic carbocycles. The van der Waals surface area contributed by atoms with E-state index in [2.05, 4.69) is 16.4 Å². The third-order valence-corrected chi connectivity index (χ3v) is 7.14. The molecule has 1 aromatic heterocycles. The topological polar surface area (TPSA) is 51.2 Å². The number of pyridine rings is 1. The Labute approximate surface area is 199 Å². The van der Waals surface area contributed by atoms with Crippen LogP contribution in [-0.2, 0) is 4.74 Å². The van der Waals surface area contributed by atoms with Crippen LogP contribution in [0.2, 0.25) is 0 Å². The van der Waals surface area contributed by atoms with E-state index in [4.69, 9.17) is 4.74 Å². The van der Waals surface area contributed by atoms with Gasteiger partial charge in [0.1, 0.15) is 11.9 Å². The number of nitrogens with one attached hydrogen (secondary N) is 1. The predicted octanol–water partition coefficient (Wildman–Crippen LogP) is 7.34. The molecule has 0 spiro atoms. The molecule has 34 heavy (non-hydrogen) atoms. The lowest BCUT2D eigenvalue weighted by Gasteiger charge is -2.28. The molecule has 5 heteroatoms.